The number of nitrogens with two attached hydrogens (primary N) is 1. The van der Waals surface area contributed by atoms with E-state index in [1.807, 2.05) is 13.1 Å². The minimum absolute atomic E-state index is 0.0548. The summed E-state index contributed by atoms with van der Waals surface area (Å²) in [4.78, 5) is 5.47. The number of rotatable bonds is 4. The van der Waals surface area contributed by atoms with E-state index in [4.69, 9.17) is 10.5 Å². The molecule has 0 saturated carbocycles. The largest absolute Gasteiger partial charge is 0.371 e. The average molecular weight is 214 g/mol. The van der Waals surface area contributed by atoms with E-state index in [1.165, 1.54) is 0 Å². The van der Waals surface area contributed by atoms with Gasteiger partial charge in [-0.1, -0.05) is 6.92 Å². The number of methoxy groups -OCH3 is 1. The average Bonchev–Trinajstić information content (AvgIpc) is 2.66. The maximum Gasteiger partial charge on any atom is 0.125 e. The van der Waals surface area contributed by atoms with Crippen LogP contribution in [0, 0.1) is 0 Å². The molecule has 0 spiro atoms. The van der Waals surface area contributed by atoms with Gasteiger partial charge < -0.3 is 10.5 Å². The maximum absolute atomic E-state index is 5.78. The molecule has 2 atom stereocenters. The first-order valence-electron chi connectivity index (χ1n) is 4.80. The van der Waals surface area contributed by atoms with E-state index in [1.54, 1.807) is 18.4 Å². The van der Waals surface area contributed by atoms with Gasteiger partial charge in [-0.3, -0.25) is 0 Å². The van der Waals surface area contributed by atoms with Crippen molar-refractivity contribution in [3.05, 3.63) is 16.1 Å². The fourth-order valence-corrected chi connectivity index (χ4v) is 2.19. The van der Waals surface area contributed by atoms with Gasteiger partial charge in [0.05, 0.1) is 0 Å². The van der Waals surface area contributed by atoms with Crippen LogP contribution in [0.25, 0.3) is 0 Å². The van der Waals surface area contributed by atoms with E-state index < -0.39 is 0 Å². The lowest BCUT2D eigenvalue weighted by atomic mass is 10.1. The van der Waals surface area contributed by atoms with Crippen LogP contribution in [0.2, 0.25) is 0 Å². The van der Waals surface area contributed by atoms with Crippen LogP contribution in [-0.4, -0.2) is 12.1 Å². The van der Waals surface area contributed by atoms with Gasteiger partial charge in [-0.2, -0.15) is 0 Å². The fraction of sp³-hybridized carbons (Fsp3) is 0.700. The van der Waals surface area contributed by atoms with Gasteiger partial charge in [-0.05, 0) is 20.3 Å². The predicted octanol–water partition coefficient (Wildman–Crippen LogP) is 2.43. The van der Waals surface area contributed by atoms with Crippen molar-refractivity contribution in [3.63, 3.8) is 0 Å². The quantitative estimate of drug-likeness (QED) is 0.837. The Morgan fingerprint density at radius 2 is 2.36 bits per heavy atom. The molecule has 2 unspecified atom stereocenters. The van der Waals surface area contributed by atoms with Gasteiger partial charge >= 0.3 is 0 Å². The van der Waals surface area contributed by atoms with Crippen LogP contribution in [0.1, 0.15) is 43.1 Å². The van der Waals surface area contributed by atoms with Gasteiger partial charge in [0.1, 0.15) is 10.6 Å². The molecule has 0 saturated heterocycles. The molecule has 4 heteroatoms. The Bertz CT molecular complexity index is 292. The van der Waals surface area contributed by atoms with Crippen molar-refractivity contribution in [1.82, 2.24) is 4.98 Å². The summed E-state index contributed by atoms with van der Waals surface area (Å²) < 4.78 is 5.47. The molecule has 0 bridgehead atoms. The Morgan fingerprint density at radius 1 is 1.71 bits per heavy atom. The zero-order chi connectivity index (χ0) is 10.8. The van der Waals surface area contributed by atoms with E-state index in [-0.39, 0.29) is 11.6 Å². The highest BCUT2D eigenvalue weighted by molar-refractivity contribution is 7.11. The number of hydrogen-bond donors (Lipinski definition) is 1. The summed E-state index contributed by atoms with van der Waals surface area (Å²) >= 11 is 1.64. The Kier molecular flexibility index (Phi) is 3.64. The molecule has 3 nitrogen and oxygen atoms in total. The summed E-state index contributed by atoms with van der Waals surface area (Å²) in [5.41, 5.74) is 5.52. The molecule has 0 aromatic carbocycles. The third-order valence-corrected chi connectivity index (χ3v) is 3.99. The molecule has 0 fully saturated rings. The smallest absolute Gasteiger partial charge is 0.125 e. The van der Waals surface area contributed by atoms with E-state index in [0.717, 1.165) is 16.3 Å². The number of ether oxygens (including phenoxy) is 1. The Balaban J connectivity index is 2.95. The first kappa shape index (κ1) is 11.6. The molecule has 1 heterocycles. The zero-order valence-electron chi connectivity index (χ0n) is 9.20. The van der Waals surface area contributed by atoms with Crippen LogP contribution in [0.3, 0.4) is 0 Å². The highest BCUT2D eigenvalue weighted by atomic mass is 32.1. The lowest BCUT2D eigenvalue weighted by Gasteiger charge is -2.23. The first-order valence-corrected chi connectivity index (χ1v) is 5.62. The van der Waals surface area contributed by atoms with Crippen molar-refractivity contribution in [2.75, 3.05) is 7.11 Å². The van der Waals surface area contributed by atoms with E-state index in [0.29, 0.717) is 0 Å². The molecule has 0 amide bonds. The van der Waals surface area contributed by atoms with Crippen molar-refractivity contribution in [1.29, 1.82) is 0 Å². The molecule has 0 aliphatic carbocycles. The molecular weight excluding hydrogens is 196 g/mol. The van der Waals surface area contributed by atoms with Crippen molar-refractivity contribution < 1.29 is 4.74 Å². The van der Waals surface area contributed by atoms with Gasteiger partial charge in [0.25, 0.3) is 0 Å². The molecule has 1 aromatic heterocycles. The van der Waals surface area contributed by atoms with Crippen molar-refractivity contribution >= 4 is 11.3 Å². The molecule has 0 radical (unpaired) electrons. The lowest BCUT2D eigenvalue weighted by molar-refractivity contribution is -0.00156. The van der Waals surface area contributed by atoms with Gasteiger partial charge in [-0.25, -0.2) is 4.98 Å². The summed E-state index contributed by atoms with van der Waals surface area (Å²) in [5, 5.41) is 1.01. The second-order valence-corrected chi connectivity index (χ2v) is 4.71. The normalized spacial score (nSPS) is 17.8. The highest BCUT2D eigenvalue weighted by Crippen LogP contribution is 2.32. The molecule has 1 aromatic rings. The molecule has 80 valence electrons. The highest BCUT2D eigenvalue weighted by Gasteiger charge is 2.27. The van der Waals surface area contributed by atoms with Crippen molar-refractivity contribution in [2.45, 2.75) is 38.8 Å². The molecule has 2 N–H and O–H groups in total. The summed E-state index contributed by atoms with van der Waals surface area (Å²) in [6.07, 6.45) is 2.76. The Morgan fingerprint density at radius 3 is 2.71 bits per heavy atom. The SMILES string of the molecule is CCC(C)(OC)c1ncc(C(C)N)s1. The molecule has 0 aliphatic rings. The molecule has 14 heavy (non-hydrogen) atoms. The van der Waals surface area contributed by atoms with Gasteiger partial charge in [-0.15, -0.1) is 11.3 Å². The van der Waals surface area contributed by atoms with Crippen LogP contribution >= 0.6 is 11.3 Å². The first-order chi connectivity index (χ1) is 6.53. The summed E-state index contributed by atoms with van der Waals surface area (Å²) in [7, 11) is 1.72. The number of nitrogens with zero attached hydrogens (tertiary/aromatic N) is 1. The summed E-state index contributed by atoms with van der Waals surface area (Å²) in [6, 6.07) is 0.0548. The van der Waals surface area contributed by atoms with E-state index >= 15 is 0 Å². The number of aromatic nitrogens is 1. The second-order valence-electron chi connectivity index (χ2n) is 3.64. The Hall–Kier alpha value is -0.450. The minimum atomic E-state index is -0.266. The standard InChI is InChI=1S/C10H18N2OS/c1-5-10(3,13-4)9-12-6-8(14-9)7(2)11/h6-7H,5,11H2,1-4H3. The molecule has 0 aliphatic heterocycles. The predicted molar refractivity (Wildman–Crippen MR) is 59.4 cm³/mol. The monoisotopic (exact) mass is 214 g/mol. The van der Waals surface area contributed by atoms with E-state index in [9.17, 15) is 0 Å². The van der Waals surface area contributed by atoms with Crippen LogP contribution in [-0.2, 0) is 10.3 Å². The summed E-state index contributed by atoms with van der Waals surface area (Å²) in [6.45, 7) is 6.11. The Labute approximate surface area is 89.3 Å². The van der Waals surface area contributed by atoms with Gasteiger partial charge in [0.15, 0.2) is 0 Å². The van der Waals surface area contributed by atoms with Crippen LogP contribution in [0.15, 0.2) is 6.20 Å². The van der Waals surface area contributed by atoms with Gasteiger partial charge in [0, 0.05) is 24.2 Å². The van der Waals surface area contributed by atoms with Gasteiger partial charge in [0.2, 0.25) is 0 Å². The fourth-order valence-electron chi connectivity index (χ4n) is 1.12. The number of hydrogen-bond acceptors (Lipinski definition) is 4. The molecule has 1 rings (SSSR count). The van der Waals surface area contributed by atoms with Crippen molar-refractivity contribution in [2.24, 2.45) is 5.73 Å². The number of thiazole rings is 1. The minimum Gasteiger partial charge on any atom is -0.371 e. The second kappa shape index (κ2) is 4.38. The van der Waals surface area contributed by atoms with Crippen LogP contribution in [0.4, 0.5) is 0 Å². The lowest BCUT2D eigenvalue weighted by Crippen LogP contribution is -2.22. The third kappa shape index (κ3) is 2.13. The molecular formula is C10H18N2OS. The summed E-state index contributed by atoms with van der Waals surface area (Å²) in [5.74, 6) is 0. The van der Waals surface area contributed by atoms with E-state index in [2.05, 4.69) is 18.8 Å². The topological polar surface area (TPSA) is 48.1 Å². The van der Waals surface area contributed by atoms with Crippen molar-refractivity contribution in [3.8, 4) is 0 Å². The van der Waals surface area contributed by atoms with Crippen LogP contribution < -0.4 is 5.73 Å². The van der Waals surface area contributed by atoms with Crippen LogP contribution in [0.5, 0.6) is 0 Å². The maximum atomic E-state index is 5.78. The third-order valence-electron chi connectivity index (χ3n) is 2.55. The zero-order valence-corrected chi connectivity index (χ0v) is 10.0.